The van der Waals surface area contributed by atoms with Gasteiger partial charge in [-0.3, -0.25) is 4.79 Å². The van der Waals surface area contributed by atoms with Gasteiger partial charge in [0.1, 0.15) is 48.8 Å². The lowest BCUT2D eigenvalue weighted by Crippen LogP contribution is -2.65. The van der Waals surface area contributed by atoms with E-state index in [0.29, 0.717) is 12.8 Å². The van der Waals surface area contributed by atoms with Crippen molar-refractivity contribution in [2.45, 2.75) is 344 Å². The van der Waals surface area contributed by atoms with Crippen molar-refractivity contribution >= 4 is 5.91 Å². The average molecular weight is 1030 g/mol. The number of hydrogen-bond acceptors (Lipinski definition) is 13. The molecular formula is C58H113NO13. The van der Waals surface area contributed by atoms with Crippen molar-refractivity contribution in [3.63, 3.8) is 0 Å². The summed E-state index contributed by atoms with van der Waals surface area (Å²) >= 11 is 0. The third kappa shape index (κ3) is 30.7. The average Bonchev–Trinajstić information content (AvgIpc) is 3.38. The monoisotopic (exact) mass is 1030 g/mol. The third-order valence-corrected chi connectivity index (χ3v) is 15.3. The molecule has 0 spiro atoms. The zero-order valence-corrected chi connectivity index (χ0v) is 46.0. The molecule has 0 radical (unpaired) electrons. The Morgan fingerprint density at radius 3 is 1.18 bits per heavy atom. The molecular weight excluding hydrogens is 919 g/mol. The first-order valence-corrected chi connectivity index (χ1v) is 30.3. The molecule has 12 unspecified atom stereocenters. The lowest BCUT2D eigenvalue weighted by molar-refractivity contribution is -0.359. The second-order valence-electron chi connectivity index (χ2n) is 21.8. The van der Waals surface area contributed by atoms with Crippen LogP contribution in [0.5, 0.6) is 0 Å². The van der Waals surface area contributed by atoms with E-state index in [1.807, 2.05) is 0 Å². The Hall–Kier alpha value is -1.01. The van der Waals surface area contributed by atoms with Crippen LogP contribution in [0.3, 0.4) is 0 Å². The van der Waals surface area contributed by atoms with Gasteiger partial charge in [-0.2, -0.15) is 0 Å². The van der Waals surface area contributed by atoms with Gasteiger partial charge >= 0.3 is 0 Å². The Morgan fingerprint density at radius 1 is 0.444 bits per heavy atom. The molecule has 0 aromatic carbocycles. The Bertz CT molecular complexity index is 1220. The number of nitrogens with one attached hydrogen (secondary N) is 1. The first-order valence-electron chi connectivity index (χ1n) is 30.3. The Morgan fingerprint density at radius 2 is 0.792 bits per heavy atom. The topological polar surface area (TPSA) is 228 Å². The van der Waals surface area contributed by atoms with Gasteiger partial charge in [0.2, 0.25) is 5.91 Å². The third-order valence-electron chi connectivity index (χ3n) is 15.3. The van der Waals surface area contributed by atoms with E-state index in [4.69, 9.17) is 18.9 Å². The molecule has 0 bridgehead atoms. The number of aliphatic hydroxyl groups is 8. The van der Waals surface area contributed by atoms with Crippen molar-refractivity contribution < 1.29 is 64.6 Å². The van der Waals surface area contributed by atoms with E-state index in [-0.39, 0.29) is 12.5 Å². The number of carbonyl (C=O) groups excluding carboxylic acids is 1. The molecule has 2 heterocycles. The second-order valence-corrected chi connectivity index (χ2v) is 21.8. The summed E-state index contributed by atoms with van der Waals surface area (Å²) in [6, 6.07) is -0.819. The summed E-state index contributed by atoms with van der Waals surface area (Å²) < 4.78 is 22.7. The standard InChI is InChI=1S/C58H113NO13/c1-3-5-7-9-11-12-13-14-15-16-17-18-19-20-21-22-23-24-25-26-27-28-29-30-31-32-33-34-35-36-38-40-42-50(63)59-46(47(62)41-39-37-10-8-6-4-2)45-69-57-55(68)53(66)56(49(44-61)71-57)72-58-54(67)52(65)51(64)48(43-60)70-58/h46-49,51-58,60-62,64-68H,3-45H2,1-2H3,(H,59,63). The summed E-state index contributed by atoms with van der Waals surface area (Å²) in [4.78, 5) is 13.2. The Kier molecular flexibility index (Phi) is 42.0. The van der Waals surface area contributed by atoms with Gasteiger partial charge in [0.05, 0.1) is 32.0 Å². The number of hydrogen-bond donors (Lipinski definition) is 9. The second kappa shape index (κ2) is 45.1. The predicted octanol–water partition coefficient (Wildman–Crippen LogP) is 10.1. The molecule has 2 saturated heterocycles. The smallest absolute Gasteiger partial charge is 0.220 e. The van der Waals surface area contributed by atoms with Crippen molar-refractivity contribution in [3.8, 4) is 0 Å². The number of aliphatic hydroxyl groups excluding tert-OH is 8. The highest BCUT2D eigenvalue weighted by Gasteiger charge is 2.51. The van der Waals surface area contributed by atoms with Crippen LogP contribution in [0.4, 0.5) is 0 Å². The van der Waals surface area contributed by atoms with E-state index < -0.39 is 86.8 Å². The fourth-order valence-corrected chi connectivity index (χ4v) is 10.4. The Balaban J connectivity index is 1.53. The van der Waals surface area contributed by atoms with Crippen LogP contribution in [0.2, 0.25) is 0 Å². The minimum absolute atomic E-state index is 0.206. The molecule has 0 saturated carbocycles. The molecule has 0 aromatic heterocycles. The maximum absolute atomic E-state index is 13.2. The number of rotatable bonds is 49. The van der Waals surface area contributed by atoms with Crippen molar-refractivity contribution in [3.05, 3.63) is 0 Å². The van der Waals surface area contributed by atoms with Crippen LogP contribution in [0.15, 0.2) is 0 Å². The normalized spacial score (nSPS) is 25.5. The van der Waals surface area contributed by atoms with Gasteiger partial charge in [-0.05, 0) is 12.8 Å². The molecule has 1 amide bonds. The van der Waals surface area contributed by atoms with E-state index in [9.17, 15) is 45.6 Å². The van der Waals surface area contributed by atoms with Crippen LogP contribution < -0.4 is 5.32 Å². The van der Waals surface area contributed by atoms with Crippen LogP contribution in [0.1, 0.15) is 271 Å². The maximum Gasteiger partial charge on any atom is 0.220 e. The van der Waals surface area contributed by atoms with Gasteiger partial charge in [-0.1, -0.05) is 251 Å². The van der Waals surface area contributed by atoms with Crippen LogP contribution >= 0.6 is 0 Å². The fraction of sp³-hybridized carbons (Fsp3) is 0.983. The van der Waals surface area contributed by atoms with Gasteiger partial charge in [0.15, 0.2) is 12.6 Å². The largest absolute Gasteiger partial charge is 0.394 e. The highest BCUT2D eigenvalue weighted by atomic mass is 16.7. The fourth-order valence-electron chi connectivity index (χ4n) is 10.4. The van der Waals surface area contributed by atoms with Gasteiger partial charge < -0.3 is 65.1 Å². The van der Waals surface area contributed by atoms with E-state index in [2.05, 4.69) is 19.2 Å². The number of carbonyl (C=O) groups is 1. The van der Waals surface area contributed by atoms with Crippen LogP contribution in [-0.4, -0.2) is 140 Å². The minimum atomic E-state index is -1.78. The number of amides is 1. The zero-order chi connectivity index (χ0) is 52.4. The maximum atomic E-state index is 13.2. The lowest BCUT2D eigenvalue weighted by Gasteiger charge is -2.46. The molecule has 428 valence electrons. The quantitative estimate of drug-likeness (QED) is 0.0259. The number of unbranched alkanes of at least 4 members (excludes halogenated alkanes) is 36. The summed E-state index contributed by atoms with van der Waals surface area (Å²) in [5, 5.41) is 86.7. The molecule has 2 fully saturated rings. The van der Waals surface area contributed by atoms with Crippen molar-refractivity contribution in [1.29, 1.82) is 0 Å². The zero-order valence-electron chi connectivity index (χ0n) is 46.0. The van der Waals surface area contributed by atoms with Gasteiger partial charge in [-0.15, -0.1) is 0 Å². The summed E-state index contributed by atoms with van der Waals surface area (Å²) in [6.45, 7) is 2.81. The van der Waals surface area contributed by atoms with Crippen molar-refractivity contribution in [1.82, 2.24) is 5.32 Å². The van der Waals surface area contributed by atoms with Gasteiger partial charge in [0.25, 0.3) is 0 Å². The summed E-state index contributed by atoms with van der Waals surface area (Å²) in [5.74, 6) is -0.206. The molecule has 72 heavy (non-hydrogen) atoms. The Labute approximate surface area is 438 Å². The van der Waals surface area contributed by atoms with Crippen molar-refractivity contribution in [2.75, 3.05) is 19.8 Å². The molecule has 2 rings (SSSR count). The van der Waals surface area contributed by atoms with Crippen LogP contribution in [-0.2, 0) is 23.7 Å². The predicted molar refractivity (Wildman–Crippen MR) is 286 cm³/mol. The van der Waals surface area contributed by atoms with E-state index >= 15 is 0 Å². The first-order chi connectivity index (χ1) is 35.1. The lowest BCUT2D eigenvalue weighted by atomic mass is 9.97. The van der Waals surface area contributed by atoms with Crippen LogP contribution in [0.25, 0.3) is 0 Å². The van der Waals surface area contributed by atoms with E-state index in [0.717, 1.165) is 64.2 Å². The molecule has 0 aliphatic carbocycles. The van der Waals surface area contributed by atoms with Crippen molar-refractivity contribution in [2.24, 2.45) is 0 Å². The molecule has 12 atom stereocenters. The summed E-state index contributed by atoms with van der Waals surface area (Å²) in [5.41, 5.74) is 0. The van der Waals surface area contributed by atoms with Gasteiger partial charge in [0, 0.05) is 6.42 Å². The molecule has 2 aliphatic heterocycles. The first kappa shape index (κ1) is 67.1. The molecule has 2 aliphatic rings. The van der Waals surface area contributed by atoms with Gasteiger partial charge in [-0.25, -0.2) is 0 Å². The highest BCUT2D eigenvalue weighted by Crippen LogP contribution is 2.30. The summed E-state index contributed by atoms with van der Waals surface area (Å²) in [7, 11) is 0. The number of ether oxygens (including phenoxy) is 4. The SMILES string of the molecule is CCCCCCCCCCCCCCCCCCCCCCCCCCCCCCCCCCC(=O)NC(COC1OC(CO)C(OC2OC(CO)C(O)C(O)C2O)C(O)C1O)C(O)CCCCCCCC. The summed E-state index contributed by atoms with van der Waals surface area (Å²) in [6.07, 6.45) is 33.4. The molecule has 14 nitrogen and oxygen atoms in total. The minimum Gasteiger partial charge on any atom is -0.394 e. The van der Waals surface area contributed by atoms with E-state index in [1.54, 1.807) is 0 Å². The molecule has 0 aromatic rings. The molecule has 14 heteroatoms. The molecule has 9 N–H and O–H groups in total. The highest BCUT2D eigenvalue weighted by molar-refractivity contribution is 5.76. The van der Waals surface area contributed by atoms with E-state index in [1.165, 1.54) is 180 Å². The van der Waals surface area contributed by atoms with Crippen LogP contribution in [0, 0.1) is 0 Å².